The Morgan fingerprint density at radius 1 is 1.14 bits per heavy atom. The van der Waals surface area contributed by atoms with Gasteiger partial charge in [0.15, 0.2) is 0 Å². The third kappa shape index (κ3) is 2.74. The van der Waals surface area contributed by atoms with Crippen molar-refractivity contribution in [3.8, 4) is 5.75 Å². The van der Waals surface area contributed by atoms with Crippen molar-refractivity contribution >= 4 is 16.6 Å². The van der Waals surface area contributed by atoms with Gasteiger partial charge >= 0.3 is 0 Å². The predicted octanol–water partition coefficient (Wildman–Crippen LogP) is 2.54. The summed E-state index contributed by atoms with van der Waals surface area (Å²) in [5.41, 5.74) is 3.50. The lowest BCUT2D eigenvalue weighted by Gasteiger charge is -2.09. The molecule has 1 aromatic carbocycles. The number of hydrogen-bond acceptors (Lipinski definition) is 5. The lowest BCUT2D eigenvalue weighted by atomic mass is 10.0. The lowest BCUT2D eigenvalue weighted by Crippen LogP contribution is -2.10. The molecule has 5 heteroatoms. The van der Waals surface area contributed by atoms with Gasteiger partial charge in [-0.1, -0.05) is 6.07 Å². The van der Waals surface area contributed by atoms with E-state index < -0.39 is 0 Å². The van der Waals surface area contributed by atoms with Gasteiger partial charge in [-0.2, -0.15) is 5.10 Å². The molecule has 0 aliphatic carbocycles. The van der Waals surface area contributed by atoms with Gasteiger partial charge in [-0.25, -0.2) is 0 Å². The molecule has 0 atom stereocenters. The van der Waals surface area contributed by atoms with Gasteiger partial charge in [-0.15, -0.1) is 0 Å². The van der Waals surface area contributed by atoms with Gasteiger partial charge in [0.05, 0.1) is 24.0 Å². The average Bonchev–Trinajstić information content (AvgIpc) is 2.60. The maximum Gasteiger partial charge on any atom is 0.121 e. The number of ether oxygens (including phenoxy) is 1. The van der Waals surface area contributed by atoms with E-state index in [0.29, 0.717) is 6.42 Å². The summed E-state index contributed by atoms with van der Waals surface area (Å²) in [7, 11) is 1.64. The van der Waals surface area contributed by atoms with Gasteiger partial charge in [0.2, 0.25) is 0 Å². The van der Waals surface area contributed by atoms with E-state index in [0.717, 1.165) is 33.6 Å². The molecule has 0 saturated carbocycles. The number of hydrogen-bond donors (Lipinski definition) is 1. The smallest absolute Gasteiger partial charge is 0.121 e. The van der Waals surface area contributed by atoms with Crippen LogP contribution in [0.1, 0.15) is 11.3 Å². The minimum Gasteiger partial charge on any atom is -0.497 e. The zero-order valence-corrected chi connectivity index (χ0v) is 12.2. The maximum atomic E-state index is 5.55. The lowest BCUT2D eigenvalue weighted by molar-refractivity contribution is 0.415. The van der Waals surface area contributed by atoms with E-state index in [1.807, 2.05) is 42.5 Å². The Balaban J connectivity index is 2.00. The zero-order chi connectivity index (χ0) is 15.4. The van der Waals surface area contributed by atoms with Crippen LogP contribution < -0.4 is 10.6 Å². The zero-order valence-electron chi connectivity index (χ0n) is 12.2. The van der Waals surface area contributed by atoms with E-state index in [4.69, 9.17) is 10.6 Å². The number of fused-ring (bicyclic) bond motifs is 1. The highest BCUT2D eigenvalue weighted by Crippen LogP contribution is 2.23. The average molecular weight is 292 g/mol. The van der Waals surface area contributed by atoms with Crippen LogP contribution in [0.4, 0.5) is 0 Å². The Labute approximate surface area is 128 Å². The summed E-state index contributed by atoms with van der Waals surface area (Å²) in [6.45, 7) is 0. The van der Waals surface area contributed by atoms with Crippen LogP contribution in [-0.2, 0) is 6.42 Å². The Kier molecular flexibility index (Phi) is 3.96. The molecule has 0 saturated heterocycles. The van der Waals surface area contributed by atoms with E-state index in [1.165, 1.54) is 0 Å². The van der Waals surface area contributed by atoms with Crippen molar-refractivity contribution in [2.24, 2.45) is 10.9 Å². The fourth-order valence-corrected chi connectivity index (χ4v) is 2.38. The first kappa shape index (κ1) is 14.0. The van der Waals surface area contributed by atoms with Gasteiger partial charge in [-0.05, 0) is 35.9 Å². The monoisotopic (exact) mass is 292 g/mol. The highest BCUT2D eigenvalue weighted by atomic mass is 16.5. The molecule has 0 amide bonds. The van der Waals surface area contributed by atoms with E-state index in [1.54, 1.807) is 19.5 Å². The summed E-state index contributed by atoms with van der Waals surface area (Å²) in [6.07, 6.45) is 4.11. The van der Waals surface area contributed by atoms with Crippen LogP contribution in [0.25, 0.3) is 10.9 Å². The van der Waals surface area contributed by atoms with Gasteiger partial charge < -0.3 is 10.6 Å². The molecular formula is C17H16N4O. The molecule has 2 aromatic heterocycles. The summed E-state index contributed by atoms with van der Waals surface area (Å²) in [6, 6.07) is 13.5. The number of benzene rings is 1. The molecule has 0 unspecified atom stereocenters. The Morgan fingerprint density at radius 2 is 2.05 bits per heavy atom. The molecule has 0 spiro atoms. The fourth-order valence-electron chi connectivity index (χ4n) is 2.38. The van der Waals surface area contributed by atoms with Gasteiger partial charge in [0, 0.05) is 30.3 Å². The molecular weight excluding hydrogens is 276 g/mol. The van der Waals surface area contributed by atoms with Crippen LogP contribution in [0.15, 0.2) is 60.0 Å². The quantitative estimate of drug-likeness (QED) is 0.455. The molecule has 2 N–H and O–H groups in total. The molecule has 3 rings (SSSR count). The van der Waals surface area contributed by atoms with E-state index >= 15 is 0 Å². The van der Waals surface area contributed by atoms with Gasteiger partial charge in [0.1, 0.15) is 5.75 Å². The summed E-state index contributed by atoms with van der Waals surface area (Å²) >= 11 is 0. The van der Waals surface area contributed by atoms with Crippen LogP contribution in [0.2, 0.25) is 0 Å². The molecule has 3 aromatic rings. The number of nitrogens with two attached hydrogens (primary N) is 1. The number of pyridine rings is 2. The van der Waals surface area contributed by atoms with Crippen molar-refractivity contribution < 1.29 is 4.74 Å². The SMILES string of the molecule is COc1ccc2c(C/C(=N\N)c3ccccn3)ccnc2c1. The second-order valence-corrected chi connectivity index (χ2v) is 4.82. The first-order valence-electron chi connectivity index (χ1n) is 6.91. The van der Waals surface area contributed by atoms with Gasteiger partial charge in [-0.3, -0.25) is 9.97 Å². The molecule has 0 fully saturated rings. The van der Waals surface area contributed by atoms with Crippen LogP contribution >= 0.6 is 0 Å². The van der Waals surface area contributed by atoms with Crippen molar-refractivity contribution in [2.45, 2.75) is 6.42 Å². The summed E-state index contributed by atoms with van der Waals surface area (Å²) in [5.74, 6) is 6.34. The van der Waals surface area contributed by atoms with Gasteiger partial charge in [0.25, 0.3) is 0 Å². The van der Waals surface area contributed by atoms with Crippen molar-refractivity contribution in [2.75, 3.05) is 7.11 Å². The molecule has 5 nitrogen and oxygen atoms in total. The van der Waals surface area contributed by atoms with Crippen molar-refractivity contribution in [1.29, 1.82) is 0 Å². The number of methoxy groups -OCH3 is 1. The summed E-state index contributed by atoms with van der Waals surface area (Å²) in [4.78, 5) is 8.70. The number of nitrogens with zero attached hydrogens (tertiary/aromatic N) is 3. The maximum absolute atomic E-state index is 5.55. The molecule has 2 heterocycles. The summed E-state index contributed by atoms with van der Waals surface area (Å²) < 4.78 is 5.24. The highest BCUT2D eigenvalue weighted by molar-refractivity contribution is 6.02. The minimum atomic E-state index is 0.596. The van der Waals surface area contributed by atoms with Crippen LogP contribution in [0.3, 0.4) is 0 Å². The summed E-state index contributed by atoms with van der Waals surface area (Å²) in [5, 5.41) is 4.96. The normalized spacial score (nSPS) is 11.6. The molecule has 0 aliphatic rings. The number of aromatic nitrogens is 2. The fraction of sp³-hybridized carbons (Fsp3) is 0.118. The highest BCUT2D eigenvalue weighted by Gasteiger charge is 2.10. The minimum absolute atomic E-state index is 0.596. The van der Waals surface area contributed by atoms with Crippen molar-refractivity contribution in [3.05, 3.63) is 66.1 Å². The van der Waals surface area contributed by atoms with Crippen molar-refractivity contribution in [1.82, 2.24) is 9.97 Å². The topological polar surface area (TPSA) is 73.4 Å². The Bertz CT molecular complexity index is 815. The predicted molar refractivity (Wildman–Crippen MR) is 87.0 cm³/mol. The van der Waals surface area contributed by atoms with E-state index in [9.17, 15) is 0 Å². The molecule has 22 heavy (non-hydrogen) atoms. The standard InChI is InChI=1S/C17H16N4O/c1-22-13-5-6-14-12(7-9-20-16(14)11-13)10-17(21-18)15-4-2-3-8-19-15/h2-9,11H,10,18H2,1H3/b21-17+. The largest absolute Gasteiger partial charge is 0.497 e. The number of rotatable bonds is 4. The van der Waals surface area contributed by atoms with E-state index in [-0.39, 0.29) is 0 Å². The third-order valence-corrected chi connectivity index (χ3v) is 3.51. The van der Waals surface area contributed by atoms with E-state index in [2.05, 4.69) is 15.1 Å². The molecule has 0 aliphatic heterocycles. The van der Waals surface area contributed by atoms with Crippen LogP contribution in [-0.4, -0.2) is 22.8 Å². The second kappa shape index (κ2) is 6.22. The molecule has 110 valence electrons. The first-order chi connectivity index (χ1) is 10.8. The third-order valence-electron chi connectivity index (χ3n) is 3.51. The van der Waals surface area contributed by atoms with Crippen LogP contribution in [0.5, 0.6) is 5.75 Å². The van der Waals surface area contributed by atoms with Crippen molar-refractivity contribution in [3.63, 3.8) is 0 Å². The second-order valence-electron chi connectivity index (χ2n) is 4.82. The molecule has 0 bridgehead atoms. The Hall–Kier alpha value is -2.95. The van der Waals surface area contributed by atoms with Crippen LogP contribution in [0, 0.1) is 0 Å². The first-order valence-corrected chi connectivity index (χ1v) is 6.91. The molecule has 0 radical (unpaired) electrons. The number of hydrazone groups is 1. The Morgan fingerprint density at radius 3 is 2.77 bits per heavy atom.